The average Bonchev–Trinajstić information content (AvgIpc) is 2.53. The van der Waals surface area contributed by atoms with Crippen LogP contribution in [-0.4, -0.2) is 106 Å². The fourth-order valence-electron chi connectivity index (χ4n) is 2.80. The van der Waals surface area contributed by atoms with Crippen molar-refractivity contribution in [3.63, 3.8) is 0 Å². The van der Waals surface area contributed by atoms with Gasteiger partial charge in [0.1, 0.15) is 42.7 Å². The van der Waals surface area contributed by atoms with Crippen molar-refractivity contribution >= 4 is 0 Å². The van der Waals surface area contributed by atoms with E-state index in [0.29, 0.717) is 0 Å². The molecule has 0 unspecified atom stereocenters. The number of rotatable bonds is 4. The van der Waals surface area contributed by atoms with Gasteiger partial charge in [-0.05, 0) is 6.92 Å². The highest BCUT2D eigenvalue weighted by molar-refractivity contribution is 4.93. The molecule has 2 aliphatic rings. The van der Waals surface area contributed by atoms with Gasteiger partial charge in [0.2, 0.25) is 0 Å². The van der Waals surface area contributed by atoms with E-state index < -0.39 is 68.0 Å². The molecule has 0 saturated carbocycles. The number of methoxy groups -OCH3 is 1. The minimum atomic E-state index is -1.58. The third-order valence-electron chi connectivity index (χ3n) is 4.18. The fraction of sp³-hybridized carbons (Fsp3) is 1.00. The molecular formula is C13H24O10. The molecule has 2 heterocycles. The molecule has 0 aromatic carbocycles. The zero-order chi connectivity index (χ0) is 17.3. The molecule has 10 heteroatoms. The summed E-state index contributed by atoms with van der Waals surface area (Å²) in [5, 5.41) is 58.1. The Morgan fingerprint density at radius 3 is 2.09 bits per heavy atom. The highest BCUT2D eigenvalue weighted by Gasteiger charge is 2.49. The van der Waals surface area contributed by atoms with Crippen LogP contribution in [0.2, 0.25) is 0 Å². The van der Waals surface area contributed by atoms with Crippen LogP contribution >= 0.6 is 0 Å². The molecular weight excluding hydrogens is 316 g/mol. The molecule has 2 saturated heterocycles. The van der Waals surface area contributed by atoms with Crippen molar-refractivity contribution in [3.8, 4) is 0 Å². The molecule has 0 aliphatic carbocycles. The molecule has 2 fully saturated rings. The van der Waals surface area contributed by atoms with Crippen molar-refractivity contribution in [1.82, 2.24) is 0 Å². The minimum absolute atomic E-state index is 0.587. The molecule has 0 aromatic heterocycles. The van der Waals surface area contributed by atoms with Crippen molar-refractivity contribution in [2.45, 2.75) is 68.3 Å². The number of aliphatic hydroxyl groups is 6. The molecule has 0 spiro atoms. The number of ether oxygens (including phenoxy) is 4. The maximum absolute atomic E-state index is 9.98. The van der Waals surface area contributed by atoms with Gasteiger partial charge in [-0.15, -0.1) is 0 Å². The molecule has 136 valence electrons. The van der Waals surface area contributed by atoms with Gasteiger partial charge >= 0.3 is 0 Å². The molecule has 0 amide bonds. The molecule has 0 bridgehead atoms. The van der Waals surface area contributed by atoms with Crippen molar-refractivity contribution in [1.29, 1.82) is 0 Å². The Hall–Kier alpha value is -0.400. The van der Waals surface area contributed by atoms with Gasteiger partial charge in [-0.3, -0.25) is 0 Å². The van der Waals surface area contributed by atoms with E-state index in [9.17, 15) is 25.5 Å². The van der Waals surface area contributed by atoms with Gasteiger partial charge in [-0.2, -0.15) is 0 Å². The second-order valence-corrected chi connectivity index (χ2v) is 5.72. The summed E-state index contributed by atoms with van der Waals surface area (Å²) in [6, 6.07) is 0. The molecule has 6 N–H and O–H groups in total. The average molecular weight is 340 g/mol. The molecule has 23 heavy (non-hydrogen) atoms. The van der Waals surface area contributed by atoms with Crippen LogP contribution in [0.1, 0.15) is 6.92 Å². The van der Waals surface area contributed by atoms with Crippen LogP contribution < -0.4 is 0 Å². The van der Waals surface area contributed by atoms with E-state index in [1.807, 2.05) is 0 Å². The summed E-state index contributed by atoms with van der Waals surface area (Å²) in [7, 11) is 1.31. The van der Waals surface area contributed by atoms with Crippen molar-refractivity contribution in [2.75, 3.05) is 13.7 Å². The first-order chi connectivity index (χ1) is 10.8. The lowest BCUT2D eigenvalue weighted by molar-refractivity contribution is -0.353. The Morgan fingerprint density at radius 1 is 0.870 bits per heavy atom. The third kappa shape index (κ3) is 3.66. The Labute approximate surface area is 132 Å². The van der Waals surface area contributed by atoms with Gasteiger partial charge < -0.3 is 49.6 Å². The third-order valence-corrected chi connectivity index (χ3v) is 4.18. The highest BCUT2D eigenvalue weighted by atomic mass is 16.7. The maximum atomic E-state index is 9.98. The zero-order valence-electron chi connectivity index (χ0n) is 12.8. The number of aliphatic hydroxyl groups excluding tert-OH is 6. The summed E-state index contributed by atoms with van der Waals surface area (Å²) in [6.07, 6.45) is -12.6. The minimum Gasteiger partial charge on any atom is -0.394 e. The van der Waals surface area contributed by atoms with Gasteiger partial charge in [-0.1, -0.05) is 0 Å². The van der Waals surface area contributed by atoms with E-state index in [0.717, 1.165) is 0 Å². The second kappa shape index (κ2) is 7.66. The fourth-order valence-corrected chi connectivity index (χ4v) is 2.80. The lowest BCUT2D eigenvalue weighted by atomic mass is 9.97. The monoisotopic (exact) mass is 340 g/mol. The van der Waals surface area contributed by atoms with Gasteiger partial charge in [-0.25, -0.2) is 0 Å². The predicted octanol–water partition coefficient (Wildman–Crippen LogP) is -3.72. The summed E-state index contributed by atoms with van der Waals surface area (Å²) < 4.78 is 21.0. The predicted molar refractivity (Wildman–Crippen MR) is 72.0 cm³/mol. The molecule has 0 aromatic rings. The van der Waals surface area contributed by atoms with Crippen molar-refractivity contribution in [2.24, 2.45) is 0 Å². The first kappa shape index (κ1) is 18.9. The van der Waals surface area contributed by atoms with Crippen LogP contribution in [0.4, 0.5) is 0 Å². The highest BCUT2D eigenvalue weighted by Crippen LogP contribution is 2.29. The van der Waals surface area contributed by atoms with Crippen LogP contribution in [0.25, 0.3) is 0 Å². The first-order valence-electron chi connectivity index (χ1n) is 7.32. The molecule has 0 radical (unpaired) electrons. The van der Waals surface area contributed by atoms with Crippen LogP contribution in [0.15, 0.2) is 0 Å². The van der Waals surface area contributed by atoms with Crippen LogP contribution in [0, 0.1) is 0 Å². The van der Waals surface area contributed by atoms with E-state index in [4.69, 9.17) is 24.1 Å². The summed E-state index contributed by atoms with van der Waals surface area (Å²) in [5.41, 5.74) is 0. The normalized spacial score (nSPS) is 51.7. The first-order valence-corrected chi connectivity index (χ1v) is 7.32. The summed E-state index contributed by atoms with van der Waals surface area (Å²) >= 11 is 0. The lowest BCUT2D eigenvalue weighted by Crippen LogP contribution is -2.63. The summed E-state index contributed by atoms with van der Waals surface area (Å²) in [6.45, 7) is 0.979. The van der Waals surface area contributed by atoms with Gasteiger partial charge in [0.25, 0.3) is 0 Å². The molecule has 10 atom stereocenters. The Morgan fingerprint density at radius 2 is 1.52 bits per heavy atom. The largest absolute Gasteiger partial charge is 0.394 e. The summed E-state index contributed by atoms with van der Waals surface area (Å²) in [5.74, 6) is 0. The topological polar surface area (TPSA) is 158 Å². The van der Waals surface area contributed by atoms with E-state index in [1.54, 1.807) is 6.92 Å². The SMILES string of the molecule is CO[C@H]1[C@@H](O)[C@H](O)O[C@@H](C)[C@@H]1O[C@@H]1O[C@H](CO)[C@@H](O)[C@H](O)[C@H]1O. The molecule has 10 nitrogen and oxygen atoms in total. The second-order valence-electron chi connectivity index (χ2n) is 5.72. The Balaban J connectivity index is 2.12. The Bertz CT molecular complexity index is 380. The van der Waals surface area contributed by atoms with E-state index in [-0.39, 0.29) is 0 Å². The van der Waals surface area contributed by atoms with E-state index in [1.165, 1.54) is 7.11 Å². The standard InChI is InChI=1S/C13H24O10/c1-4-10(11(20-2)9(18)12(19)21-4)23-13-8(17)7(16)6(15)5(3-14)22-13/h4-19H,3H2,1-2H3/t4-,5+,6+,7-,8+,9+,10-,11-,12+,13-/m0/s1. The Kier molecular flexibility index (Phi) is 6.30. The lowest BCUT2D eigenvalue weighted by Gasteiger charge is -2.45. The summed E-state index contributed by atoms with van der Waals surface area (Å²) in [4.78, 5) is 0. The van der Waals surface area contributed by atoms with Gasteiger partial charge in [0, 0.05) is 7.11 Å². The van der Waals surface area contributed by atoms with Gasteiger partial charge in [0.15, 0.2) is 12.6 Å². The zero-order valence-corrected chi connectivity index (χ0v) is 12.8. The maximum Gasteiger partial charge on any atom is 0.187 e. The smallest absolute Gasteiger partial charge is 0.187 e. The molecule has 2 aliphatic heterocycles. The quantitative estimate of drug-likeness (QED) is 0.300. The van der Waals surface area contributed by atoms with Crippen LogP contribution in [0.3, 0.4) is 0 Å². The van der Waals surface area contributed by atoms with E-state index in [2.05, 4.69) is 0 Å². The van der Waals surface area contributed by atoms with Crippen LogP contribution in [0.5, 0.6) is 0 Å². The van der Waals surface area contributed by atoms with E-state index >= 15 is 0 Å². The van der Waals surface area contributed by atoms with Crippen molar-refractivity contribution < 1.29 is 49.6 Å². The molecule has 2 rings (SSSR count). The van der Waals surface area contributed by atoms with Crippen LogP contribution in [-0.2, 0) is 18.9 Å². The number of hydrogen-bond acceptors (Lipinski definition) is 10. The van der Waals surface area contributed by atoms with Crippen molar-refractivity contribution in [3.05, 3.63) is 0 Å². The number of hydrogen-bond donors (Lipinski definition) is 6. The van der Waals surface area contributed by atoms with Gasteiger partial charge in [0.05, 0.1) is 12.7 Å².